The summed E-state index contributed by atoms with van der Waals surface area (Å²) in [6.45, 7) is -0.415. The summed E-state index contributed by atoms with van der Waals surface area (Å²) in [5.41, 5.74) is 0. The van der Waals surface area contributed by atoms with Crippen molar-refractivity contribution in [3.63, 3.8) is 0 Å². The zero-order chi connectivity index (χ0) is 9.84. The van der Waals surface area contributed by atoms with Gasteiger partial charge < -0.3 is 11.3 Å². The van der Waals surface area contributed by atoms with E-state index in [4.69, 9.17) is 33.0 Å². The zero-order valence-corrected chi connectivity index (χ0v) is 8.97. The first kappa shape index (κ1) is 13.7. The SMILES string of the molecule is O=C(O)COc1ccc(Cl)cc1Cl.[H-].[Li+]. The predicted molar refractivity (Wildman–Crippen MR) is 50.7 cm³/mol. The van der Waals surface area contributed by atoms with E-state index >= 15 is 0 Å². The number of halogens is 2. The number of aliphatic carboxylic acids is 1. The van der Waals surface area contributed by atoms with Crippen molar-refractivity contribution in [2.75, 3.05) is 6.61 Å². The van der Waals surface area contributed by atoms with Crippen molar-refractivity contribution >= 4 is 29.2 Å². The molecule has 6 heteroatoms. The molecular weight excluding hydrogens is 222 g/mol. The molecule has 14 heavy (non-hydrogen) atoms. The summed E-state index contributed by atoms with van der Waals surface area (Å²) in [5, 5.41) is 9.11. The van der Waals surface area contributed by atoms with Crippen LogP contribution in [0.3, 0.4) is 0 Å². The molecule has 1 rings (SSSR count). The Kier molecular flexibility index (Phi) is 6.06. The molecule has 0 unspecified atom stereocenters. The second-order valence-corrected chi connectivity index (χ2v) is 3.10. The van der Waals surface area contributed by atoms with Gasteiger partial charge in [0.05, 0.1) is 5.02 Å². The van der Waals surface area contributed by atoms with Crippen molar-refractivity contribution in [3.8, 4) is 5.75 Å². The van der Waals surface area contributed by atoms with Gasteiger partial charge in [-0.25, -0.2) is 4.79 Å². The molecule has 72 valence electrons. The van der Waals surface area contributed by atoms with Gasteiger partial charge in [0.15, 0.2) is 6.61 Å². The summed E-state index contributed by atoms with van der Waals surface area (Å²) in [6, 6.07) is 4.58. The predicted octanol–water partition coefficient (Wildman–Crippen LogP) is -0.427. The molecule has 0 bridgehead atoms. The Balaban J connectivity index is 0. The number of carboxylic acid groups (broad SMARTS) is 1. The van der Waals surface area contributed by atoms with E-state index in [1.54, 1.807) is 6.07 Å². The molecule has 0 aliphatic rings. The topological polar surface area (TPSA) is 46.5 Å². The Morgan fingerprint density at radius 1 is 1.50 bits per heavy atom. The fourth-order valence-corrected chi connectivity index (χ4v) is 1.19. The molecule has 3 nitrogen and oxygen atoms in total. The summed E-state index contributed by atoms with van der Waals surface area (Å²) in [5.74, 6) is -0.737. The summed E-state index contributed by atoms with van der Waals surface area (Å²) in [7, 11) is 0. The van der Waals surface area contributed by atoms with Crippen LogP contribution in [-0.2, 0) is 4.79 Å². The van der Waals surface area contributed by atoms with Crippen LogP contribution in [0.5, 0.6) is 5.75 Å². The number of carbonyl (C=O) groups is 1. The zero-order valence-electron chi connectivity index (χ0n) is 8.46. The number of hydrogen-bond acceptors (Lipinski definition) is 2. The van der Waals surface area contributed by atoms with Gasteiger partial charge in [-0.05, 0) is 18.2 Å². The largest absolute Gasteiger partial charge is 1.00 e. The third-order valence-electron chi connectivity index (χ3n) is 1.25. The standard InChI is InChI=1S/C8H6Cl2O3.Li.H/c9-5-1-2-7(6(10)3-5)13-4-8(11)12;;/h1-3H,4H2,(H,11,12);;/q;+1;-1. The number of carboxylic acids is 1. The van der Waals surface area contributed by atoms with Crippen molar-refractivity contribution in [2.45, 2.75) is 0 Å². The first-order valence-corrected chi connectivity index (χ1v) is 4.15. The molecule has 0 aliphatic carbocycles. The van der Waals surface area contributed by atoms with Gasteiger partial charge in [-0.3, -0.25) is 0 Å². The second kappa shape index (κ2) is 6.21. The van der Waals surface area contributed by atoms with E-state index in [0.29, 0.717) is 15.8 Å². The second-order valence-electron chi connectivity index (χ2n) is 2.26. The van der Waals surface area contributed by atoms with E-state index < -0.39 is 12.6 Å². The monoisotopic (exact) mass is 228 g/mol. The molecule has 1 N–H and O–H groups in total. The molecule has 0 radical (unpaired) electrons. The van der Waals surface area contributed by atoms with Crippen LogP contribution in [0.15, 0.2) is 18.2 Å². The summed E-state index contributed by atoms with van der Waals surface area (Å²) in [4.78, 5) is 10.2. The van der Waals surface area contributed by atoms with Gasteiger partial charge in [-0.1, -0.05) is 23.2 Å². The van der Waals surface area contributed by atoms with E-state index in [-0.39, 0.29) is 20.3 Å². The van der Waals surface area contributed by atoms with E-state index in [1.807, 2.05) is 0 Å². The van der Waals surface area contributed by atoms with Crippen molar-refractivity contribution in [3.05, 3.63) is 28.2 Å². The van der Waals surface area contributed by atoms with Gasteiger partial charge >= 0.3 is 24.8 Å². The molecule has 1 aromatic rings. The van der Waals surface area contributed by atoms with Crippen LogP contribution in [-0.4, -0.2) is 17.7 Å². The third kappa shape index (κ3) is 4.25. The van der Waals surface area contributed by atoms with Crippen LogP contribution in [0.25, 0.3) is 0 Å². The molecule has 0 saturated heterocycles. The summed E-state index contributed by atoms with van der Waals surface area (Å²) >= 11 is 11.3. The van der Waals surface area contributed by atoms with Crippen LogP contribution >= 0.6 is 23.2 Å². The maximum Gasteiger partial charge on any atom is 1.00 e. The average Bonchev–Trinajstić information content (AvgIpc) is 2.02. The minimum atomic E-state index is -1.05. The molecule has 0 aliphatic heterocycles. The van der Waals surface area contributed by atoms with Crippen LogP contribution in [0.1, 0.15) is 1.43 Å². The third-order valence-corrected chi connectivity index (χ3v) is 1.78. The molecule has 0 fully saturated rings. The Hall–Kier alpha value is -0.333. The molecule has 0 atom stereocenters. The molecule has 0 heterocycles. The molecule has 0 amide bonds. The number of benzene rings is 1. The van der Waals surface area contributed by atoms with Crippen molar-refractivity contribution < 1.29 is 34.9 Å². The van der Waals surface area contributed by atoms with E-state index in [2.05, 4.69) is 0 Å². The first-order chi connectivity index (χ1) is 6.09. The fourth-order valence-electron chi connectivity index (χ4n) is 0.732. The van der Waals surface area contributed by atoms with Crippen LogP contribution in [0.2, 0.25) is 10.0 Å². The average molecular weight is 229 g/mol. The Bertz CT molecular complexity index is 336. The summed E-state index contributed by atoms with van der Waals surface area (Å²) in [6.07, 6.45) is 0. The fraction of sp³-hybridized carbons (Fsp3) is 0.125. The molecule has 1 aromatic carbocycles. The maximum atomic E-state index is 10.2. The molecule has 0 saturated carbocycles. The minimum absolute atomic E-state index is 0. The smallest absolute Gasteiger partial charge is 1.00 e. The first-order valence-electron chi connectivity index (χ1n) is 3.39. The van der Waals surface area contributed by atoms with Crippen LogP contribution < -0.4 is 23.6 Å². The Labute approximate surface area is 105 Å². The number of ether oxygens (including phenoxy) is 1. The number of rotatable bonds is 3. The van der Waals surface area contributed by atoms with Crippen molar-refractivity contribution in [1.82, 2.24) is 0 Å². The van der Waals surface area contributed by atoms with E-state index in [1.165, 1.54) is 12.1 Å². The molecular formula is C8H7Cl2LiO3. The molecule has 0 aromatic heterocycles. The summed E-state index contributed by atoms with van der Waals surface area (Å²) < 4.78 is 4.86. The molecule has 0 spiro atoms. The van der Waals surface area contributed by atoms with Crippen LogP contribution in [0.4, 0.5) is 0 Å². The maximum absolute atomic E-state index is 10.2. The Morgan fingerprint density at radius 3 is 2.64 bits per heavy atom. The van der Waals surface area contributed by atoms with Crippen molar-refractivity contribution in [1.29, 1.82) is 0 Å². The van der Waals surface area contributed by atoms with Crippen molar-refractivity contribution in [2.24, 2.45) is 0 Å². The minimum Gasteiger partial charge on any atom is -1.00 e. The van der Waals surface area contributed by atoms with E-state index in [0.717, 1.165) is 0 Å². The van der Waals surface area contributed by atoms with E-state index in [9.17, 15) is 4.79 Å². The number of hydrogen-bond donors (Lipinski definition) is 1. The van der Waals surface area contributed by atoms with Gasteiger partial charge in [0.2, 0.25) is 0 Å². The quantitative estimate of drug-likeness (QED) is 0.715. The van der Waals surface area contributed by atoms with Gasteiger partial charge in [0, 0.05) is 5.02 Å². The van der Waals surface area contributed by atoms with Crippen LogP contribution in [0, 0.1) is 0 Å². The van der Waals surface area contributed by atoms with Gasteiger partial charge in [-0.15, -0.1) is 0 Å². The van der Waals surface area contributed by atoms with Gasteiger partial charge in [0.1, 0.15) is 5.75 Å². The normalized spacial score (nSPS) is 9.00. The van der Waals surface area contributed by atoms with Gasteiger partial charge in [-0.2, -0.15) is 0 Å². The van der Waals surface area contributed by atoms with Gasteiger partial charge in [0.25, 0.3) is 0 Å². The Morgan fingerprint density at radius 2 is 2.14 bits per heavy atom.